The van der Waals surface area contributed by atoms with E-state index in [0.29, 0.717) is 0 Å². The second-order valence-electron chi connectivity index (χ2n) is 4.61. The summed E-state index contributed by atoms with van der Waals surface area (Å²) < 4.78 is 5.22. The predicted molar refractivity (Wildman–Crippen MR) is 52.6 cm³/mol. The van der Waals surface area contributed by atoms with Gasteiger partial charge in [-0.25, -0.2) is 0 Å². The van der Waals surface area contributed by atoms with Gasteiger partial charge < -0.3 is 10.3 Å². The van der Waals surface area contributed by atoms with E-state index in [1.54, 1.807) is 0 Å². The third-order valence-corrected chi connectivity index (χ3v) is 1.83. The van der Waals surface area contributed by atoms with Gasteiger partial charge in [-0.2, -0.15) is 0 Å². The van der Waals surface area contributed by atoms with E-state index in [4.69, 9.17) is 10.3 Å². The van der Waals surface area contributed by atoms with Crippen LogP contribution in [0.4, 0.5) is 0 Å². The monoisotopic (exact) mass is 182 g/mol. The van der Waals surface area contributed by atoms with Gasteiger partial charge in [-0.15, -0.1) is 0 Å². The zero-order valence-corrected chi connectivity index (χ0v) is 8.79. The zero-order valence-electron chi connectivity index (χ0n) is 8.79. The molecule has 0 saturated carbocycles. The van der Waals surface area contributed by atoms with E-state index in [1.165, 1.54) is 0 Å². The summed E-state index contributed by atoms with van der Waals surface area (Å²) in [5, 5.41) is 3.97. The van der Waals surface area contributed by atoms with Crippen molar-refractivity contribution >= 4 is 0 Å². The highest BCUT2D eigenvalue weighted by molar-refractivity contribution is 5.13. The molecule has 1 rings (SSSR count). The molecule has 0 aliphatic rings. The number of aromatic nitrogens is 1. The van der Waals surface area contributed by atoms with Crippen LogP contribution in [0.15, 0.2) is 10.6 Å². The van der Waals surface area contributed by atoms with Crippen molar-refractivity contribution in [2.24, 2.45) is 5.73 Å². The Morgan fingerprint density at radius 1 is 1.54 bits per heavy atom. The maximum atomic E-state index is 5.66. The minimum atomic E-state index is 0.0308. The van der Waals surface area contributed by atoms with Crippen LogP contribution in [0.5, 0.6) is 0 Å². The first-order valence-electron chi connectivity index (χ1n) is 4.61. The highest BCUT2D eigenvalue weighted by atomic mass is 16.5. The summed E-state index contributed by atoms with van der Waals surface area (Å²) >= 11 is 0. The molecule has 0 saturated heterocycles. The number of hydrogen-bond donors (Lipinski definition) is 1. The van der Waals surface area contributed by atoms with E-state index in [0.717, 1.165) is 17.9 Å². The summed E-state index contributed by atoms with van der Waals surface area (Å²) in [7, 11) is 0. The van der Waals surface area contributed by atoms with Gasteiger partial charge >= 0.3 is 0 Å². The first-order valence-corrected chi connectivity index (χ1v) is 4.61. The molecule has 2 N–H and O–H groups in total. The van der Waals surface area contributed by atoms with Crippen molar-refractivity contribution < 1.29 is 4.52 Å². The van der Waals surface area contributed by atoms with Crippen molar-refractivity contribution in [1.29, 1.82) is 0 Å². The molecule has 0 aromatic carbocycles. The number of nitrogens with two attached hydrogens (primary N) is 1. The lowest BCUT2D eigenvalue weighted by atomic mass is 9.93. The van der Waals surface area contributed by atoms with E-state index in [2.05, 4.69) is 25.9 Å². The molecule has 13 heavy (non-hydrogen) atoms. The Balaban J connectivity index is 2.75. The highest BCUT2D eigenvalue weighted by Crippen LogP contribution is 2.22. The molecule has 0 amide bonds. The van der Waals surface area contributed by atoms with Crippen LogP contribution in [0.1, 0.15) is 39.1 Å². The maximum Gasteiger partial charge on any atom is 0.142 e. The fourth-order valence-corrected chi connectivity index (χ4v) is 1.09. The predicted octanol–water partition coefficient (Wildman–Crippen LogP) is 1.86. The standard InChI is InChI=1S/C10H18N2O/c1-7(11)5-8-6-9(13-12-8)10(2,3)4/h6-7H,5,11H2,1-4H3. The highest BCUT2D eigenvalue weighted by Gasteiger charge is 2.19. The Kier molecular flexibility index (Phi) is 2.76. The van der Waals surface area contributed by atoms with Gasteiger partial charge in [-0.3, -0.25) is 0 Å². The van der Waals surface area contributed by atoms with Crippen molar-refractivity contribution in [3.63, 3.8) is 0 Å². The van der Waals surface area contributed by atoms with Crippen molar-refractivity contribution in [2.75, 3.05) is 0 Å². The summed E-state index contributed by atoms with van der Waals surface area (Å²) in [6, 6.07) is 2.13. The molecule has 1 unspecified atom stereocenters. The van der Waals surface area contributed by atoms with Crippen molar-refractivity contribution in [1.82, 2.24) is 5.16 Å². The van der Waals surface area contributed by atoms with Crippen LogP contribution in [-0.2, 0) is 11.8 Å². The van der Waals surface area contributed by atoms with Crippen LogP contribution in [0.3, 0.4) is 0 Å². The molecule has 1 aromatic heterocycles. The van der Waals surface area contributed by atoms with E-state index in [1.807, 2.05) is 13.0 Å². The molecule has 3 nitrogen and oxygen atoms in total. The Morgan fingerprint density at radius 2 is 2.15 bits per heavy atom. The minimum Gasteiger partial charge on any atom is -0.361 e. The van der Waals surface area contributed by atoms with Crippen LogP contribution in [0.2, 0.25) is 0 Å². The van der Waals surface area contributed by atoms with Crippen molar-refractivity contribution in [2.45, 2.75) is 45.6 Å². The Bertz CT molecular complexity index is 271. The van der Waals surface area contributed by atoms with Crippen LogP contribution < -0.4 is 5.73 Å². The molecule has 1 heterocycles. The average Bonchev–Trinajstić information content (AvgIpc) is 2.32. The fourth-order valence-electron chi connectivity index (χ4n) is 1.09. The smallest absolute Gasteiger partial charge is 0.142 e. The Labute approximate surface area is 79.3 Å². The first kappa shape index (κ1) is 10.3. The summed E-state index contributed by atoms with van der Waals surface area (Å²) in [4.78, 5) is 0. The third kappa shape index (κ3) is 2.84. The summed E-state index contributed by atoms with van der Waals surface area (Å²) in [5.41, 5.74) is 6.64. The summed E-state index contributed by atoms with van der Waals surface area (Å²) in [6.45, 7) is 8.26. The summed E-state index contributed by atoms with van der Waals surface area (Å²) in [6.07, 6.45) is 0.777. The first-order chi connectivity index (χ1) is 5.89. The molecular formula is C10H18N2O. The van der Waals surface area contributed by atoms with Gasteiger partial charge in [-0.1, -0.05) is 25.9 Å². The molecule has 3 heteroatoms. The van der Waals surface area contributed by atoms with Crippen LogP contribution in [0.25, 0.3) is 0 Å². The van der Waals surface area contributed by atoms with Gasteiger partial charge in [0, 0.05) is 23.9 Å². The molecule has 1 aromatic rings. The molecular weight excluding hydrogens is 164 g/mol. The van der Waals surface area contributed by atoms with Crippen molar-refractivity contribution in [3.8, 4) is 0 Å². The van der Waals surface area contributed by atoms with E-state index in [-0.39, 0.29) is 11.5 Å². The van der Waals surface area contributed by atoms with Gasteiger partial charge in [0.2, 0.25) is 0 Å². The number of nitrogens with zero attached hydrogens (tertiary/aromatic N) is 1. The van der Waals surface area contributed by atoms with Gasteiger partial charge in [0.25, 0.3) is 0 Å². The number of rotatable bonds is 2. The van der Waals surface area contributed by atoms with Crippen LogP contribution >= 0.6 is 0 Å². The van der Waals surface area contributed by atoms with E-state index < -0.39 is 0 Å². The van der Waals surface area contributed by atoms with Gasteiger partial charge in [0.15, 0.2) is 0 Å². The second kappa shape index (κ2) is 3.50. The molecule has 1 atom stereocenters. The minimum absolute atomic E-state index is 0.0308. The molecule has 0 bridgehead atoms. The normalized spacial score (nSPS) is 14.5. The zero-order chi connectivity index (χ0) is 10.1. The maximum absolute atomic E-state index is 5.66. The Morgan fingerprint density at radius 3 is 2.54 bits per heavy atom. The third-order valence-electron chi connectivity index (χ3n) is 1.83. The lowest BCUT2D eigenvalue weighted by Crippen LogP contribution is -2.17. The van der Waals surface area contributed by atoms with Crippen molar-refractivity contribution in [3.05, 3.63) is 17.5 Å². The molecule has 0 fully saturated rings. The van der Waals surface area contributed by atoms with Gasteiger partial charge in [0.05, 0.1) is 5.69 Å². The van der Waals surface area contributed by atoms with Gasteiger partial charge in [0.1, 0.15) is 5.76 Å². The molecule has 74 valence electrons. The van der Waals surface area contributed by atoms with Crippen LogP contribution in [-0.4, -0.2) is 11.2 Å². The largest absolute Gasteiger partial charge is 0.361 e. The lowest BCUT2D eigenvalue weighted by Gasteiger charge is -2.12. The number of hydrogen-bond acceptors (Lipinski definition) is 3. The molecule has 0 aliphatic carbocycles. The van der Waals surface area contributed by atoms with E-state index in [9.17, 15) is 0 Å². The lowest BCUT2D eigenvalue weighted by molar-refractivity contribution is 0.325. The molecule has 0 radical (unpaired) electrons. The fraction of sp³-hybridized carbons (Fsp3) is 0.700. The second-order valence-corrected chi connectivity index (χ2v) is 4.61. The molecule has 0 aliphatic heterocycles. The van der Waals surface area contributed by atoms with Crippen LogP contribution in [0, 0.1) is 0 Å². The summed E-state index contributed by atoms with van der Waals surface area (Å²) in [5.74, 6) is 0.920. The Hall–Kier alpha value is -0.830. The quantitative estimate of drug-likeness (QED) is 0.759. The van der Waals surface area contributed by atoms with E-state index >= 15 is 0 Å². The average molecular weight is 182 g/mol. The molecule has 0 spiro atoms. The topological polar surface area (TPSA) is 52.0 Å². The SMILES string of the molecule is CC(N)Cc1cc(C(C)(C)C)on1. The van der Waals surface area contributed by atoms with Gasteiger partial charge in [-0.05, 0) is 6.92 Å².